The van der Waals surface area contributed by atoms with Gasteiger partial charge < -0.3 is 33.3 Å². The summed E-state index contributed by atoms with van der Waals surface area (Å²) < 4.78 is 43.4. The average molecular weight is 847 g/mol. The topological polar surface area (TPSA) is 131 Å². The molecule has 6 aromatic rings. The van der Waals surface area contributed by atoms with Gasteiger partial charge in [-0.05, 0) is 87.2 Å². The zero-order chi connectivity index (χ0) is 42.9. The Morgan fingerprint density at radius 1 is 0.836 bits per heavy atom. The van der Waals surface area contributed by atoms with Gasteiger partial charge in [0.2, 0.25) is 0 Å². The van der Waals surface area contributed by atoms with Gasteiger partial charge in [0.1, 0.15) is 35.8 Å². The number of fused-ring (bicyclic) bond motifs is 1. The lowest BCUT2D eigenvalue weighted by molar-refractivity contribution is -0.0912. The summed E-state index contributed by atoms with van der Waals surface area (Å²) in [6.45, 7) is 11.4. The van der Waals surface area contributed by atoms with Gasteiger partial charge in [0.15, 0.2) is 17.0 Å². The van der Waals surface area contributed by atoms with Crippen LogP contribution in [0.25, 0.3) is 11.2 Å². The molecule has 14 heteroatoms. The number of methoxy groups -OCH3 is 2. The molecule has 1 N–H and O–H groups in total. The molecule has 2 aromatic heterocycles. The zero-order valence-electron chi connectivity index (χ0n) is 35.8. The number of hydrogen-bond acceptors (Lipinski definition) is 11. The monoisotopic (exact) mass is 846 g/mol. The minimum atomic E-state index is -1.50. The summed E-state index contributed by atoms with van der Waals surface area (Å²) in [4.78, 5) is 26.9. The molecule has 3 heterocycles. The van der Waals surface area contributed by atoms with Crippen molar-refractivity contribution in [2.45, 2.75) is 83.6 Å². The largest absolute Gasteiger partial charge is 0.497 e. The molecular formula is C47H55N6O7P. The Bertz CT molecular complexity index is 2260. The maximum absolute atomic E-state index is 13.2. The molecule has 0 saturated carbocycles. The highest BCUT2D eigenvalue weighted by molar-refractivity contribution is 7.44. The van der Waals surface area contributed by atoms with Crippen molar-refractivity contribution in [3.63, 3.8) is 0 Å². The van der Waals surface area contributed by atoms with Gasteiger partial charge >= 0.3 is 0 Å². The molecule has 0 radical (unpaired) electrons. The number of anilines is 1. The van der Waals surface area contributed by atoms with E-state index in [0.29, 0.717) is 35.6 Å². The first-order valence-corrected chi connectivity index (χ1v) is 21.9. The minimum Gasteiger partial charge on any atom is -0.497 e. The van der Waals surface area contributed by atoms with Crippen LogP contribution in [0.4, 0.5) is 5.82 Å². The lowest BCUT2D eigenvalue weighted by Crippen LogP contribution is -2.39. The van der Waals surface area contributed by atoms with Crippen LogP contribution in [0.5, 0.6) is 11.5 Å². The van der Waals surface area contributed by atoms with Crippen molar-refractivity contribution >= 4 is 31.4 Å². The highest BCUT2D eigenvalue weighted by atomic mass is 31.2. The molecule has 1 amide bonds. The van der Waals surface area contributed by atoms with Crippen LogP contribution in [-0.2, 0) is 24.1 Å². The van der Waals surface area contributed by atoms with Crippen LogP contribution in [0.2, 0.25) is 0 Å². The smallest absolute Gasteiger partial charge is 0.259 e. The fraction of sp³-hybridized carbons (Fsp3) is 0.362. The second kappa shape index (κ2) is 20.1. The molecule has 1 aliphatic heterocycles. The van der Waals surface area contributed by atoms with Gasteiger partial charge in [-0.25, -0.2) is 19.6 Å². The Morgan fingerprint density at radius 2 is 1.43 bits per heavy atom. The number of hydrogen-bond donors (Lipinski definition) is 1. The SMILES string of the molecule is CCCOP(OC1CC(n2cnc3c(NC(=O)c4ccccc4)ncnc32)OC1COC(c1ccccc1)(c1ccc(OC)cc1)c1ccc(OC)cc1)N(C(C)C)C(C)C. The molecule has 7 rings (SSSR count). The number of benzene rings is 4. The number of carbonyl (C=O) groups is 1. The third-order valence-electron chi connectivity index (χ3n) is 10.6. The molecule has 1 aliphatic rings. The predicted octanol–water partition coefficient (Wildman–Crippen LogP) is 9.55. The molecule has 4 unspecified atom stereocenters. The number of aromatic nitrogens is 4. The number of rotatable bonds is 19. The molecule has 1 saturated heterocycles. The van der Waals surface area contributed by atoms with Crippen molar-refractivity contribution in [1.29, 1.82) is 0 Å². The number of amides is 1. The fourth-order valence-corrected chi connectivity index (χ4v) is 9.60. The Balaban J connectivity index is 1.28. The van der Waals surface area contributed by atoms with Gasteiger partial charge in [-0.1, -0.05) is 79.7 Å². The van der Waals surface area contributed by atoms with E-state index >= 15 is 0 Å². The van der Waals surface area contributed by atoms with Gasteiger partial charge in [0.25, 0.3) is 14.4 Å². The van der Waals surface area contributed by atoms with Crippen molar-refractivity contribution in [2.24, 2.45) is 0 Å². The van der Waals surface area contributed by atoms with E-state index in [-0.39, 0.29) is 24.6 Å². The molecule has 61 heavy (non-hydrogen) atoms. The second-order valence-electron chi connectivity index (χ2n) is 15.3. The third kappa shape index (κ3) is 9.63. The van der Waals surface area contributed by atoms with Crippen molar-refractivity contribution in [3.8, 4) is 11.5 Å². The summed E-state index contributed by atoms with van der Waals surface area (Å²) in [5.41, 5.74) is 3.10. The molecule has 0 bridgehead atoms. The van der Waals surface area contributed by atoms with Crippen LogP contribution in [-0.4, -0.2) is 81.8 Å². The molecule has 4 atom stereocenters. The molecule has 0 aliphatic carbocycles. The van der Waals surface area contributed by atoms with E-state index in [1.54, 1.807) is 32.7 Å². The molecular weight excluding hydrogens is 792 g/mol. The van der Waals surface area contributed by atoms with Crippen LogP contribution in [0.3, 0.4) is 0 Å². The maximum atomic E-state index is 13.2. The van der Waals surface area contributed by atoms with E-state index in [2.05, 4.69) is 66.7 Å². The number of nitrogens with zero attached hydrogens (tertiary/aromatic N) is 5. The van der Waals surface area contributed by atoms with Crippen molar-refractivity contribution in [1.82, 2.24) is 24.2 Å². The van der Waals surface area contributed by atoms with E-state index in [1.807, 2.05) is 89.5 Å². The molecule has 1 fully saturated rings. The minimum absolute atomic E-state index is 0.133. The first-order valence-electron chi connectivity index (χ1n) is 20.7. The number of carbonyl (C=O) groups excluding carboxylic acids is 1. The Hall–Kier alpha value is -5.27. The predicted molar refractivity (Wildman–Crippen MR) is 237 cm³/mol. The Labute approximate surface area is 359 Å². The van der Waals surface area contributed by atoms with E-state index in [4.69, 9.17) is 33.0 Å². The summed E-state index contributed by atoms with van der Waals surface area (Å²) in [6, 6.07) is 35.4. The van der Waals surface area contributed by atoms with Gasteiger partial charge in [-0.3, -0.25) is 9.36 Å². The van der Waals surface area contributed by atoms with E-state index in [0.717, 1.165) is 34.6 Å². The first kappa shape index (κ1) is 43.8. The summed E-state index contributed by atoms with van der Waals surface area (Å²) >= 11 is 0. The van der Waals surface area contributed by atoms with Crippen LogP contribution in [0, 0.1) is 0 Å². The fourth-order valence-electron chi connectivity index (χ4n) is 7.75. The lowest BCUT2D eigenvalue weighted by atomic mass is 9.80. The maximum Gasteiger partial charge on any atom is 0.259 e. The van der Waals surface area contributed by atoms with Gasteiger partial charge in [-0.2, -0.15) is 0 Å². The average Bonchev–Trinajstić information content (AvgIpc) is 3.91. The summed E-state index contributed by atoms with van der Waals surface area (Å²) in [6.07, 6.45) is 2.79. The van der Waals surface area contributed by atoms with Crippen molar-refractivity contribution in [2.75, 3.05) is 32.8 Å². The van der Waals surface area contributed by atoms with E-state index in [9.17, 15) is 4.79 Å². The second-order valence-corrected chi connectivity index (χ2v) is 16.7. The highest BCUT2D eigenvalue weighted by Crippen LogP contribution is 2.51. The van der Waals surface area contributed by atoms with Crippen LogP contribution in [0.1, 0.15) is 80.7 Å². The zero-order valence-corrected chi connectivity index (χ0v) is 36.7. The number of ether oxygens (including phenoxy) is 4. The molecule has 13 nitrogen and oxygen atoms in total. The Morgan fingerprint density at radius 3 is 2.00 bits per heavy atom. The van der Waals surface area contributed by atoms with Crippen molar-refractivity contribution < 1.29 is 32.8 Å². The standard InChI is InChI=1S/C47H55N6O7P/c1-8-27-58-61(53(32(2)3)33(4)5)60-40-28-42(52-31-50-43-44(48-30-49-45(43)52)51-46(54)34-15-11-9-12-16-34)59-41(40)29-57-47(35-17-13-10-14-18-35,36-19-23-38(55-6)24-20-36)37-21-25-39(56-7)26-22-37/h9-26,30-33,40-42H,8,27-29H2,1-7H3,(H,48,49,51,54). The normalized spacial score (nSPS) is 17.3. The molecule has 320 valence electrons. The summed E-state index contributed by atoms with van der Waals surface area (Å²) in [5.74, 6) is 1.47. The lowest BCUT2D eigenvalue weighted by Gasteiger charge is -2.39. The summed E-state index contributed by atoms with van der Waals surface area (Å²) in [7, 11) is 1.81. The molecule has 0 spiro atoms. The van der Waals surface area contributed by atoms with Gasteiger partial charge in [0, 0.05) is 24.1 Å². The number of nitrogens with one attached hydrogen (secondary N) is 1. The van der Waals surface area contributed by atoms with E-state index < -0.39 is 32.6 Å². The van der Waals surface area contributed by atoms with Crippen LogP contribution >= 0.6 is 8.53 Å². The van der Waals surface area contributed by atoms with Gasteiger partial charge in [0.05, 0.1) is 39.9 Å². The third-order valence-corrected chi connectivity index (χ3v) is 12.8. The van der Waals surface area contributed by atoms with E-state index in [1.165, 1.54) is 6.33 Å². The van der Waals surface area contributed by atoms with Crippen LogP contribution in [0.15, 0.2) is 122 Å². The molecule has 4 aromatic carbocycles. The highest BCUT2D eigenvalue weighted by Gasteiger charge is 2.45. The Kier molecular flexibility index (Phi) is 14.4. The quantitative estimate of drug-likeness (QED) is 0.0618. The van der Waals surface area contributed by atoms with Crippen molar-refractivity contribution in [3.05, 3.63) is 144 Å². The van der Waals surface area contributed by atoms with Gasteiger partial charge in [-0.15, -0.1) is 0 Å². The number of imidazole rings is 1. The first-order chi connectivity index (χ1) is 29.7. The van der Waals surface area contributed by atoms with Crippen LogP contribution < -0.4 is 14.8 Å². The summed E-state index contributed by atoms with van der Waals surface area (Å²) in [5, 5.41) is 2.91.